The Morgan fingerprint density at radius 3 is 2.31 bits per heavy atom. The number of hydrogen-bond acceptors (Lipinski definition) is 4. The van der Waals surface area contributed by atoms with E-state index in [1.807, 2.05) is 4.90 Å². The molecule has 1 aromatic carbocycles. The number of carbonyl (C=O) groups excluding carboxylic acids is 3. The molecule has 1 aromatic heterocycles. The molecular weight excluding hydrogens is 466 g/mol. The number of aromatic nitrogens is 1. The fraction of sp³-hybridized carbons (Fsp3) is 0.481. The number of halogens is 1. The Morgan fingerprint density at radius 2 is 1.71 bits per heavy atom. The van der Waals surface area contributed by atoms with Crippen molar-refractivity contribution in [3.63, 3.8) is 0 Å². The number of rotatable bonds is 9. The standard InChI is InChI=1S/C27H32ClN3O4/c1-2-14-30(18-19-6-7-19)26(34)21-12-16-29(17-13-21)27(35)24(31-15-4-3-5-23(31)32)25(33)20-8-10-22(28)11-9-20/h3-5,8-11,15,19,21,24H,2,6-7,12-14,16-18H2,1H3. The Labute approximate surface area is 210 Å². The third kappa shape index (κ3) is 6.01. The maximum Gasteiger partial charge on any atom is 0.253 e. The van der Waals surface area contributed by atoms with Gasteiger partial charge in [0.1, 0.15) is 0 Å². The van der Waals surface area contributed by atoms with Crippen LogP contribution in [0.5, 0.6) is 0 Å². The van der Waals surface area contributed by atoms with E-state index in [2.05, 4.69) is 6.92 Å². The van der Waals surface area contributed by atoms with Crippen LogP contribution in [0.1, 0.15) is 55.4 Å². The molecule has 2 aromatic rings. The Morgan fingerprint density at radius 1 is 1.03 bits per heavy atom. The van der Waals surface area contributed by atoms with Crippen LogP contribution in [0.4, 0.5) is 0 Å². The molecule has 1 saturated carbocycles. The first kappa shape index (κ1) is 25.2. The van der Waals surface area contributed by atoms with E-state index in [-0.39, 0.29) is 11.8 Å². The van der Waals surface area contributed by atoms with Crippen LogP contribution < -0.4 is 5.56 Å². The summed E-state index contributed by atoms with van der Waals surface area (Å²) in [6.07, 6.45) is 5.90. The van der Waals surface area contributed by atoms with Gasteiger partial charge >= 0.3 is 0 Å². The lowest BCUT2D eigenvalue weighted by Gasteiger charge is -2.36. The van der Waals surface area contributed by atoms with Crippen molar-refractivity contribution in [2.75, 3.05) is 26.2 Å². The zero-order valence-electron chi connectivity index (χ0n) is 20.1. The van der Waals surface area contributed by atoms with Gasteiger partial charge in [-0.25, -0.2) is 0 Å². The minimum absolute atomic E-state index is 0.116. The van der Waals surface area contributed by atoms with Gasteiger partial charge in [0.15, 0.2) is 11.8 Å². The minimum atomic E-state index is -1.30. The Balaban J connectivity index is 1.49. The number of ketones is 1. The zero-order valence-corrected chi connectivity index (χ0v) is 20.8. The number of hydrogen-bond donors (Lipinski definition) is 0. The van der Waals surface area contributed by atoms with E-state index in [1.54, 1.807) is 41.3 Å². The Hall–Kier alpha value is -2.93. The van der Waals surface area contributed by atoms with Crippen molar-refractivity contribution in [2.45, 2.75) is 45.1 Å². The quantitative estimate of drug-likeness (QED) is 0.390. The van der Waals surface area contributed by atoms with E-state index in [0.717, 1.165) is 19.5 Å². The van der Waals surface area contributed by atoms with E-state index in [9.17, 15) is 19.2 Å². The third-order valence-corrected chi connectivity index (χ3v) is 7.13. The first-order valence-electron chi connectivity index (χ1n) is 12.4. The number of pyridine rings is 1. The number of likely N-dealkylation sites (tertiary alicyclic amines) is 1. The molecule has 2 heterocycles. The van der Waals surface area contributed by atoms with Crippen LogP contribution in [-0.4, -0.2) is 58.1 Å². The summed E-state index contributed by atoms with van der Waals surface area (Å²) in [5.74, 6) is -0.187. The van der Waals surface area contributed by atoms with Crippen LogP contribution in [0.3, 0.4) is 0 Å². The summed E-state index contributed by atoms with van der Waals surface area (Å²) in [7, 11) is 0. The van der Waals surface area contributed by atoms with Crippen molar-refractivity contribution in [3.05, 3.63) is 69.6 Å². The number of nitrogens with zero attached hydrogens (tertiary/aromatic N) is 3. The molecule has 2 fully saturated rings. The van der Waals surface area contributed by atoms with Gasteiger partial charge in [0.05, 0.1) is 0 Å². The molecule has 1 saturated heterocycles. The molecular formula is C27H32ClN3O4. The van der Waals surface area contributed by atoms with Crippen molar-refractivity contribution in [1.29, 1.82) is 0 Å². The van der Waals surface area contributed by atoms with Gasteiger partial charge in [0.25, 0.3) is 11.5 Å². The topological polar surface area (TPSA) is 79.7 Å². The first-order valence-corrected chi connectivity index (χ1v) is 12.8. The highest BCUT2D eigenvalue weighted by Crippen LogP contribution is 2.31. The van der Waals surface area contributed by atoms with Gasteiger partial charge in [-0.3, -0.25) is 23.7 Å². The SMILES string of the molecule is CCCN(CC1CC1)C(=O)C1CCN(C(=O)C(C(=O)c2ccc(Cl)cc2)n2ccccc2=O)CC1. The number of amides is 2. The molecule has 0 spiro atoms. The number of piperidine rings is 1. The first-order chi connectivity index (χ1) is 16.9. The highest BCUT2D eigenvalue weighted by atomic mass is 35.5. The summed E-state index contributed by atoms with van der Waals surface area (Å²) in [4.78, 5) is 56.4. The molecule has 35 heavy (non-hydrogen) atoms. The molecule has 2 aliphatic rings. The molecule has 1 aliphatic heterocycles. The summed E-state index contributed by atoms with van der Waals surface area (Å²) in [6.45, 7) is 4.44. The second-order valence-corrected chi connectivity index (χ2v) is 9.98. The molecule has 0 bridgehead atoms. The predicted molar refractivity (Wildman–Crippen MR) is 134 cm³/mol. The zero-order chi connectivity index (χ0) is 24.9. The monoisotopic (exact) mass is 497 g/mol. The lowest BCUT2D eigenvalue weighted by Crippen LogP contribution is -2.49. The molecule has 8 heteroatoms. The fourth-order valence-electron chi connectivity index (χ4n) is 4.73. The molecule has 1 unspecified atom stereocenters. The second-order valence-electron chi connectivity index (χ2n) is 9.55. The smallest absolute Gasteiger partial charge is 0.253 e. The van der Waals surface area contributed by atoms with Gasteiger partial charge < -0.3 is 9.80 Å². The van der Waals surface area contributed by atoms with E-state index in [1.165, 1.54) is 29.7 Å². The molecule has 0 N–H and O–H groups in total. The van der Waals surface area contributed by atoms with Gasteiger partial charge in [0, 0.05) is 54.9 Å². The fourth-order valence-corrected chi connectivity index (χ4v) is 4.86. The predicted octanol–water partition coefficient (Wildman–Crippen LogP) is 3.81. The normalized spacial score (nSPS) is 17.1. The maximum atomic E-state index is 13.6. The van der Waals surface area contributed by atoms with E-state index >= 15 is 0 Å². The summed E-state index contributed by atoms with van der Waals surface area (Å²) in [6, 6.07) is 9.54. The van der Waals surface area contributed by atoms with Gasteiger partial charge in [-0.1, -0.05) is 24.6 Å². The average molecular weight is 498 g/mol. The summed E-state index contributed by atoms with van der Waals surface area (Å²) < 4.78 is 1.19. The molecule has 2 amide bonds. The highest BCUT2D eigenvalue weighted by molar-refractivity contribution is 6.30. The van der Waals surface area contributed by atoms with Gasteiger partial charge in [-0.15, -0.1) is 0 Å². The van der Waals surface area contributed by atoms with Gasteiger partial charge in [-0.2, -0.15) is 0 Å². The average Bonchev–Trinajstić information content (AvgIpc) is 3.69. The van der Waals surface area contributed by atoms with Gasteiger partial charge in [0.2, 0.25) is 5.91 Å². The lowest BCUT2D eigenvalue weighted by molar-refractivity contribution is -0.141. The Kier molecular flexibility index (Phi) is 8.06. The van der Waals surface area contributed by atoms with E-state index in [0.29, 0.717) is 42.4 Å². The van der Waals surface area contributed by atoms with Crippen molar-refractivity contribution >= 4 is 29.2 Å². The van der Waals surface area contributed by atoms with Crippen LogP contribution in [0.15, 0.2) is 53.5 Å². The van der Waals surface area contributed by atoms with Crippen molar-refractivity contribution in [2.24, 2.45) is 11.8 Å². The number of Topliss-reactive ketones (excluding diaryl/α,β-unsaturated/α-hetero) is 1. The molecule has 0 radical (unpaired) electrons. The number of carbonyl (C=O) groups is 3. The van der Waals surface area contributed by atoms with Crippen molar-refractivity contribution in [1.82, 2.24) is 14.4 Å². The lowest BCUT2D eigenvalue weighted by atomic mass is 9.93. The molecule has 7 nitrogen and oxygen atoms in total. The molecule has 1 aliphatic carbocycles. The van der Waals surface area contributed by atoms with E-state index in [4.69, 9.17) is 11.6 Å². The van der Waals surface area contributed by atoms with Crippen LogP contribution in [0.2, 0.25) is 5.02 Å². The van der Waals surface area contributed by atoms with Crippen LogP contribution in [-0.2, 0) is 9.59 Å². The minimum Gasteiger partial charge on any atom is -0.342 e. The molecule has 186 valence electrons. The van der Waals surface area contributed by atoms with Crippen molar-refractivity contribution in [3.8, 4) is 0 Å². The van der Waals surface area contributed by atoms with Crippen LogP contribution >= 0.6 is 11.6 Å². The Bertz CT molecular complexity index is 1120. The van der Waals surface area contributed by atoms with E-state index < -0.39 is 23.3 Å². The third-order valence-electron chi connectivity index (χ3n) is 6.88. The summed E-state index contributed by atoms with van der Waals surface area (Å²) in [5, 5.41) is 0.479. The largest absolute Gasteiger partial charge is 0.342 e. The summed E-state index contributed by atoms with van der Waals surface area (Å²) in [5.41, 5.74) is -0.114. The molecule has 4 rings (SSSR count). The number of benzene rings is 1. The highest BCUT2D eigenvalue weighted by Gasteiger charge is 2.37. The molecule has 1 atom stereocenters. The van der Waals surface area contributed by atoms with Gasteiger partial charge in [-0.05, 0) is 68.4 Å². The van der Waals surface area contributed by atoms with Crippen molar-refractivity contribution < 1.29 is 14.4 Å². The van der Waals surface area contributed by atoms with Crippen LogP contribution in [0.25, 0.3) is 0 Å². The second kappa shape index (κ2) is 11.2. The summed E-state index contributed by atoms with van der Waals surface area (Å²) >= 11 is 5.96. The maximum absolute atomic E-state index is 13.6. The van der Waals surface area contributed by atoms with Crippen LogP contribution in [0, 0.1) is 11.8 Å².